The number of nitrogens with zero attached hydrogens (tertiary/aromatic N) is 3. The Morgan fingerprint density at radius 2 is 1.90 bits per heavy atom. The predicted octanol–water partition coefficient (Wildman–Crippen LogP) is 3.36. The summed E-state index contributed by atoms with van der Waals surface area (Å²) >= 11 is 0. The van der Waals surface area contributed by atoms with Crippen LogP contribution in [0.2, 0.25) is 0 Å². The first-order chi connectivity index (χ1) is 10.4. The van der Waals surface area contributed by atoms with Crippen molar-refractivity contribution in [1.82, 2.24) is 20.2 Å². The maximum atomic E-state index is 5.69. The van der Waals surface area contributed by atoms with Gasteiger partial charge in [-0.3, -0.25) is 5.10 Å². The average Bonchev–Trinajstić information content (AvgIpc) is 3.17. The Labute approximate surface area is 119 Å². The number of aromatic amines is 1. The Bertz CT molecular complexity index is 881. The van der Waals surface area contributed by atoms with E-state index < -0.39 is 0 Å². The van der Waals surface area contributed by atoms with Crippen LogP contribution in [0, 0.1) is 0 Å². The first-order valence-corrected chi connectivity index (χ1v) is 6.46. The molecule has 3 aromatic heterocycles. The van der Waals surface area contributed by atoms with Crippen LogP contribution in [0.5, 0.6) is 0 Å². The monoisotopic (exact) mass is 277 g/mol. The Hall–Kier alpha value is -3.15. The van der Waals surface area contributed by atoms with Crippen molar-refractivity contribution in [2.24, 2.45) is 0 Å². The maximum Gasteiger partial charge on any atom is 0.299 e. The fourth-order valence-corrected chi connectivity index (χ4v) is 2.10. The van der Waals surface area contributed by atoms with Gasteiger partial charge in [0.05, 0.1) is 24.3 Å². The number of anilines is 2. The molecule has 0 fully saturated rings. The number of pyridine rings is 1. The third kappa shape index (κ3) is 2.23. The van der Waals surface area contributed by atoms with Crippen molar-refractivity contribution < 1.29 is 4.42 Å². The molecule has 21 heavy (non-hydrogen) atoms. The average molecular weight is 277 g/mol. The number of H-pyrrole nitrogens is 1. The van der Waals surface area contributed by atoms with Gasteiger partial charge in [-0.25, -0.2) is 9.97 Å². The van der Waals surface area contributed by atoms with Crippen LogP contribution in [0.15, 0.2) is 59.4 Å². The summed E-state index contributed by atoms with van der Waals surface area (Å²) in [5.41, 5.74) is 2.53. The first-order valence-electron chi connectivity index (χ1n) is 6.46. The summed E-state index contributed by atoms with van der Waals surface area (Å²) in [6.07, 6.45) is 5.12. The molecule has 0 bridgehead atoms. The molecule has 4 aromatic rings. The van der Waals surface area contributed by atoms with Crippen molar-refractivity contribution in [2.45, 2.75) is 0 Å². The topological polar surface area (TPSA) is 79.6 Å². The Kier molecular flexibility index (Phi) is 2.64. The molecule has 0 unspecified atom stereocenters. The van der Waals surface area contributed by atoms with Crippen LogP contribution < -0.4 is 5.32 Å². The van der Waals surface area contributed by atoms with Crippen LogP contribution in [0.3, 0.4) is 0 Å². The number of hydrogen-bond acceptors (Lipinski definition) is 5. The molecule has 0 atom stereocenters. The van der Waals surface area contributed by atoms with Gasteiger partial charge < -0.3 is 9.73 Å². The molecule has 6 heteroatoms. The second-order valence-electron chi connectivity index (χ2n) is 4.55. The number of oxazole rings is 1. The summed E-state index contributed by atoms with van der Waals surface area (Å²) in [4.78, 5) is 8.48. The molecule has 6 nitrogen and oxygen atoms in total. The van der Waals surface area contributed by atoms with Crippen molar-refractivity contribution >= 4 is 22.7 Å². The minimum atomic E-state index is 0.429. The van der Waals surface area contributed by atoms with E-state index >= 15 is 0 Å². The van der Waals surface area contributed by atoms with Gasteiger partial charge in [0.25, 0.3) is 6.01 Å². The van der Waals surface area contributed by atoms with E-state index in [1.807, 2.05) is 36.4 Å². The first kappa shape index (κ1) is 11.7. The van der Waals surface area contributed by atoms with E-state index in [0.717, 1.165) is 28.0 Å². The van der Waals surface area contributed by atoms with Gasteiger partial charge in [-0.2, -0.15) is 5.10 Å². The van der Waals surface area contributed by atoms with Gasteiger partial charge in [0.15, 0.2) is 11.4 Å². The van der Waals surface area contributed by atoms with E-state index in [9.17, 15) is 0 Å². The highest BCUT2D eigenvalue weighted by atomic mass is 16.4. The van der Waals surface area contributed by atoms with Crippen LogP contribution >= 0.6 is 0 Å². The molecule has 0 aliphatic carbocycles. The van der Waals surface area contributed by atoms with Crippen LogP contribution in [0.25, 0.3) is 22.4 Å². The molecular weight excluding hydrogens is 266 g/mol. The van der Waals surface area contributed by atoms with E-state index in [-0.39, 0.29) is 0 Å². The summed E-state index contributed by atoms with van der Waals surface area (Å²) < 4.78 is 5.69. The maximum absolute atomic E-state index is 5.69. The minimum Gasteiger partial charge on any atom is -0.423 e. The van der Waals surface area contributed by atoms with E-state index in [1.165, 1.54) is 0 Å². The van der Waals surface area contributed by atoms with Gasteiger partial charge in [0.2, 0.25) is 0 Å². The van der Waals surface area contributed by atoms with Crippen LogP contribution in [0.1, 0.15) is 0 Å². The lowest BCUT2D eigenvalue weighted by Crippen LogP contribution is -1.90. The van der Waals surface area contributed by atoms with E-state index in [1.54, 1.807) is 18.6 Å². The number of nitrogens with one attached hydrogen (secondary N) is 2. The zero-order chi connectivity index (χ0) is 14.1. The molecule has 2 N–H and O–H groups in total. The Balaban J connectivity index is 1.61. The molecule has 0 saturated carbocycles. The number of hydrogen-bond donors (Lipinski definition) is 2. The third-order valence-corrected chi connectivity index (χ3v) is 3.11. The molecule has 102 valence electrons. The van der Waals surface area contributed by atoms with Gasteiger partial charge in [-0.05, 0) is 6.07 Å². The summed E-state index contributed by atoms with van der Waals surface area (Å²) in [5, 5.41) is 10.8. The highest BCUT2D eigenvalue weighted by Crippen LogP contribution is 2.24. The number of rotatable bonds is 3. The summed E-state index contributed by atoms with van der Waals surface area (Å²) in [7, 11) is 0. The lowest BCUT2D eigenvalue weighted by atomic mass is 10.2. The quantitative estimate of drug-likeness (QED) is 0.600. The smallest absolute Gasteiger partial charge is 0.299 e. The molecule has 0 saturated heterocycles. The minimum absolute atomic E-state index is 0.429. The number of aromatic nitrogens is 4. The van der Waals surface area contributed by atoms with Gasteiger partial charge in [0, 0.05) is 10.9 Å². The summed E-state index contributed by atoms with van der Waals surface area (Å²) in [6, 6.07) is 12.2. The van der Waals surface area contributed by atoms with Gasteiger partial charge in [0.1, 0.15) is 0 Å². The van der Waals surface area contributed by atoms with Gasteiger partial charge >= 0.3 is 0 Å². The van der Waals surface area contributed by atoms with Crippen molar-refractivity contribution in [3.63, 3.8) is 0 Å². The zero-order valence-corrected chi connectivity index (χ0v) is 10.9. The van der Waals surface area contributed by atoms with Crippen molar-refractivity contribution in [2.75, 3.05) is 5.32 Å². The van der Waals surface area contributed by atoms with Gasteiger partial charge in [-0.1, -0.05) is 30.3 Å². The van der Waals surface area contributed by atoms with Crippen molar-refractivity contribution in [3.8, 4) is 11.3 Å². The van der Waals surface area contributed by atoms with E-state index in [2.05, 4.69) is 25.5 Å². The highest BCUT2D eigenvalue weighted by molar-refractivity contribution is 5.78. The molecule has 3 heterocycles. The third-order valence-electron chi connectivity index (χ3n) is 3.11. The fourth-order valence-electron chi connectivity index (χ4n) is 2.10. The molecule has 4 rings (SSSR count). The second kappa shape index (κ2) is 4.75. The van der Waals surface area contributed by atoms with Crippen molar-refractivity contribution in [1.29, 1.82) is 0 Å². The Morgan fingerprint density at radius 1 is 1.00 bits per heavy atom. The summed E-state index contributed by atoms with van der Waals surface area (Å²) in [6.45, 7) is 0. The fraction of sp³-hybridized carbons (Fsp3) is 0. The second-order valence-corrected chi connectivity index (χ2v) is 4.55. The molecule has 0 amide bonds. The number of benzene rings is 1. The molecule has 0 aliphatic heterocycles. The van der Waals surface area contributed by atoms with Crippen molar-refractivity contribution in [3.05, 3.63) is 55.0 Å². The molecule has 1 aromatic carbocycles. The number of fused-ring (bicyclic) bond motifs is 1. The summed E-state index contributed by atoms with van der Waals surface area (Å²) in [5.74, 6) is 0.718. The Morgan fingerprint density at radius 3 is 2.81 bits per heavy atom. The highest BCUT2D eigenvalue weighted by Gasteiger charge is 2.07. The normalized spacial score (nSPS) is 10.9. The SMILES string of the molecule is c1ccc(-c2cnc(Nc3cnc4[nH]ncc4c3)o2)cc1. The van der Waals surface area contributed by atoms with Crippen LogP contribution in [-0.2, 0) is 0 Å². The standard InChI is InChI=1S/C15H11N5O/c1-2-4-10(5-3-1)13-9-17-15(21-13)19-12-6-11-7-18-20-14(11)16-8-12/h1-9H,(H,17,19)(H,16,18,20). The lowest BCUT2D eigenvalue weighted by Gasteiger charge is -2.00. The molecular formula is C15H11N5O. The van der Waals surface area contributed by atoms with Crippen LogP contribution in [0.4, 0.5) is 11.7 Å². The molecule has 0 aliphatic rings. The zero-order valence-electron chi connectivity index (χ0n) is 10.9. The van der Waals surface area contributed by atoms with Gasteiger partial charge in [-0.15, -0.1) is 0 Å². The lowest BCUT2D eigenvalue weighted by molar-refractivity contribution is 0.592. The van der Waals surface area contributed by atoms with E-state index in [4.69, 9.17) is 4.42 Å². The van der Waals surface area contributed by atoms with Crippen LogP contribution in [-0.4, -0.2) is 20.2 Å². The largest absolute Gasteiger partial charge is 0.423 e. The molecule has 0 radical (unpaired) electrons. The molecule has 0 spiro atoms. The predicted molar refractivity (Wildman–Crippen MR) is 79.1 cm³/mol. The van der Waals surface area contributed by atoms with E-state index in [0.29, 0.717) is 6.01 Å².